The summed E-state index contributed by atoms with van der Waals surface area (Å²) in [4.78, 5) is 15.4. The molecular weight excluding hydrogens is 639 g/mol. The van der Waals surface area contributed by atoms with E-state index in [-0.39, 0.29) is 0 Å². The van der Waals surface area contributed by atoms with Gasteiger partial charge in [-0.1, -0.05) is 133 Å². The van der Waals surface area contributed by atoms with E-state index in [1.54, 1.807) is 0 Å². The predicted molar refractivity (Wildman–Crippen MR) is 211 cm³/mol. The summed E-state index contributed by atoms with van der Waals surface area (Å²) < 4.78 is 12.9. The lowest BCUT2D eigenvalue weighted by Crippen LogP contribution is -2.00. The number of benzene rings is 8. The Hall–Kier alpha value is -7.11. The predicted octanol–water partition coefficient (Wildman–Crippen LogP) is 12.6. The van der Waals surface area contributed by atoms with Gasteiger partial charge in [0.15, 0.2) is 17.5 Å². The van der Waals surface area contributed by atoms with Gasteiger partial charge in [0.2, 0.25) is 0 Å². The van der Waals surface area contributed by atoms with Gasteiger partial charge in [-0.05, 0) is 57.4 Å². The van der Waals surface area contributed by atoms with E-state index < -0.39 is 0 Å². The zero-order chi connectivity index (χ0) is 34.2. The molecule has 242 valence electrons. The number of furan rings is 2. The first-order chi connectivity index (χ1) is 25.7. The van der Waals surface area contributed by atoms with Crippen LogP contribution in [0.15, 0.2) is 173 Å². The van der Waals surface area contributed by atoms with Gasteiger partial charge in [-0.15, -0.1) is 0 Å². The Morgan fingerprint density at radius 2 is 0.942 bits per heavy atom. The molecule has 0 amide bonds. The summed E-state index contributed by atoms with van der Waals surface area (Å²) in [6.45, 7) is 0. The third kappa shape index (κ3) is 4.46. The molecule has 0 saturated heterocycles. The van der Waals surface area contributed by atoms with Crippen LogP contribution in [0.2, 0.25) is 0 Å². The molecule has 11 rings (SSSR count). The van der Waals surface area contributed by atoms with Gasteiger partial charge in [0.05, 0.1) is 0 Å². The molecule has 52 heavy (non-hydrogen) atoms. The molecule has 0 saturated carbocycles. The maximum absolute atomic E-state index is 6.47. The standard InChI is InChI=1S/C47H27N3O2/c1-2-11-30(12-3-1)45-48-46(32-23-22-29-21-20-28-10-4-5-13-33(28)38(29)27-32)50-47(49-45)37-17-9-19-42-43(37)39-26-31(24-25-41(39)51-42)34-15-8-16-36-35-14-6-7-18-40(35)52-44(34)36/h1-27H. The van der Waals surface area contributed by atoms with Crippen molar-refractivity contribution in [2.75, 3.05) is 0 Å². The Morgan fingerprint density at radius 1 is 0.327 bits per heavy atom. The van der Waals surface area contributed by atoms with Crippen LogP contribution in [0.25, 0.3) is 111 Å². The number of hydrogen-bond acceptors (Lipinski definition) is 5. The fraction of sp³-hybridized carbons (Fsp3) is 0. The van der Waals surface area contributed by atoms with Crippen LogP contribution in [-0.2, 0) is 0 Å². The van der Waals surface area contributed by atoms with Crippen LogP contribution in [0.3, 0.4) is 0 Å². The van der Waals surface area contributed by atoms with Gasteiger partial charge in [-0.2, -0.15) is 0 Å². The highest BCUT2D eigenvalue weighted by molar-refractivity contribution is 6.15. The SMILES string of the molecule is c1ccc(-c2nc(-c3ccc4ccc5ccccc5c4c3)nc(-c3cccc4oc5ccc(-c6cccc7c6oc6ccccc67)cc5c34)n2)cc1. The summed E-state index contributed by atoms with van der Waals surface area (Å²) in [5, 5.41) is 8.87. The minimum atomic E-state index is 0.583. The van der Waals surface area contributed by atoms with Crippen molar-refractivity contribution in [3.05, 3.63) is 164 Å². The Labute approximate surface area is 297 Å². The molecule has 11 aromatic rings. The number of aromatic nitrogens is 3. The summed E-state index contributed by atoms with van der Waals surface area (Å²) >= 11 is 0. The molecule has 0 N–H and O–H groups in total. The highest BCUT2D eigenvalue weighted by Gasteiger charge is 2.20. The van der Waals surface area contributed by atoms with Gasteiger partial charge in [0.25, 0.3) is 0 Å². The number of fused-ring (bicyclic) bond motifs is 9. The molecule has 5 heteroatoms. The number of nitrogens with zero attached hydrogens (tertiary/aromatic N) is 3. The number of para-hydroxylation sites is 2. The first kappa shape index (κ1) is 28.7. The van der Waals surface area contributed by atoms with Gasteiger partial charge >= 0.3 is 0 Å². The van der Waals surface area contributed by atoms with Gasteiger partial charge < -0.3 is 8.83 Å². The largest absolute Gasteiger partial charge is 0.456 e. The molecule has 0 radical (unpaired) electrons. The van der Waals surface area contributed by atoms with E-state index in [0.29, 0.717) is 17.5 Å². The second-order valence-corrected chi connectivity index (χ2v) is 13.2. The molecule has 0 fully saturated rings. The lowest BCUT2D eigenvalue weighted by atomic mass is 9.98. The van der Waals surface area contributed by atoms with E-state index in [4.69, 9.17) is 23.8 Å². The second kappa shape index (κ2) is 11.2. The minimum absolute atomic E-state index is 0.583. The maximum Gasteiger partial charge on any atom is 0.164 e. The molecule has 0 aliphatic carbocycles. The van der Waals surface area contributed by atoms with E-state index in [9.17, 15) is 0 Å². The molecule has 0 atom stereocenters. The number of rotatable bonds is 4. The summed E-state index contributed by atoms with van der Waals surface area (Å²) in [5.74, 6) is 1.81. The minimum Gasteiger partial charge on any atom is -0.456 e. The number of hydrogen-bond donors (Lipinski definition) is 0. The van der Waals surface area contributed by atoms with Gasteiger partial charge in [-0.25, -0.2) is 15.0 Å². The van der Waals surface area contributed by atoms with E-state index in [2.05, 4.69) is 97.1 Å². The topological polar surface area (TPSA) is 65.0 Å². The summed E-state index contributed by atoms with van der Waals surface area (Å²) in [5.41, 5.74) is 8.10. The van der Waals surface area contributed by atoms with Crippen LogP contribution in [0.1, 0.15) is 0 Å². The quantitative estimate of drug-likeness (QED) is 0.175. The molecular formula is C47H27N3O2. The molecule has 3 heterocycles. The fourth-order valence-corrected chi connectivity index (χ4v) is 7.64. The van der Waals surface area contributed by atoms with E-state index >= 15 is 0 Å². The molecule has 8 aromatic carbocycles. The average molecular weight is 666 g/mol. The summed E-state index contributed by atoms with van der Waals surface area (Å²) in [6.07, 6.45) is 0. The lowest BCUT2D eigenvalue weighted by Gasteiger charge is -2.11. The van der Waals surface area contributed by atoms with Crippen LogP contribution >= 0.6 is 0 Å². The van der Waals surface area contributed by atoms with Crippen LogP contribution in [0.5, 0.6) is 0 Å². The Bertz CT molecular complexity index is 3190. The van der Waals surface area contributed by atoms with Crippen molar-refractivity contribution < 1.29 is 8.83 Å². The van der Waals surface area contributed by atoms with E-state index in [0.717, 1.165) is 77.1 Å². The van der Waals surface area contributed by atoms with Crippen molar-refractivity contribution in [3.8, 4) is 45.3 Å². The molecule has 0 aliphatic rings. The highest BCUT2D eigenvalue weighted by Crippen LogP contribution is 2.41. The smallest absolute Gasteiger partial charge is 0.164 e. The van der Waals surface area contributed by atoms with Gasteiger partial charge in [-0.3, -0.25) is 0 Å². The summed E-state index contributed by atoms with van der Waals surface area (Å²) in [6, 6.07) is 56.3. The van der Waals surface area contributed by atoms with E-state index in [1.165, 1.54) is 16.2 Å². The first-order valence-corrected chi connectivity index (χ1v) is 17.3. The normalized spacial score (nSPS) is 11.8. The van der Waals surface area contributed by atoms with Gasteiger partial charge in [0, 0.05) is 43.8 Å². The highest BCUT2D eigenvalue weighted by atomic mass is 16.3. The monoisotopic (exact) mass is 665 g/mol. The van der Waals surface area contributed by atoms with Crippen molar-refractivity contribution >= 4 is 65.4 Å². The zero-order valence-corrected chi connectivity index (χ0v) is 27.7. The van der Waals surface area contributed by atoms with Crippen molar-refractivity contribution in [2.24, 2.45) is 0 Å². The van der Waals surface area contributed by atoms with Crippen molar-refractivity contribution in [1.82, 2.24) is 15.0 Å². The lowest BCUT2D eigenvalue weighted by molar-refractivity contribution is 0.668. The molecule has 0 bridgehead atoms. The third-order valence-corrected chi connectivity index (χ3v) is 10.1. The van der Waals surface area contributed by atoms with Crippen molar-refractivity contribution in [2.45, 2.75) is 0 Å². The first-order valence-electron chi connectivity index (χ1n) is 17.3. The average Bonchev–Trinajstić information content (AvgIpc) is 3.79. The van der Waals surface area contributed by atoms with Gasteiger partial charge in [0.1, 0.15) is 22.3 Å². The zero-order valence-electron chi connectivity index (χ0n) is 27.7. The Balaban J connectivity index is 1.13. The van der Waals surface area contributed by atoms with Crippen LogP contribution in [-0.4, -0.2) is 15.0 Å². The van der Waals surface area contributed by atoms with Crippen LogP contribution in [0, 0.1) is 0 Å². The van der Waals surface area contributed by atoms with E-state index in [1.807, 2.05) is 66.7 Å². The van der Waals surface area contributed by atoms with Crippen LogP contribution < -0.4 is 0 Å². The Morgan fingerprint density at radius 3 is 1.85 bits per heavy atom. The molecule has 3 aromatic heterocycles. The molecule has 5 nitrogen and oxygen atoms in total. The third-order valence-electron chi connectivity index (χ3n) is 10.1. The van der Waals surface area contributed by atoms with Crippen LogP contribution in [0.4, 0.5) is 0 Å². The summed E-state index contributed by atoms with van der Waals surface area (Å²) in [7, 11) is 0. The maximum atomic E-state index is 6.47. The molecule has 0 aliphatic heterocycles. The molecule has 0 unspecified atom stereocenters. The fourth-order valence-electron chi connectivity index (χ4n) is 7.64. The van der Waals surface area contributed by atoms with Crippen molar-refractivity contribution in [1.29, 1.82) is 0 Å². The Kier molecular flexibility index (Phi) is 6.18. The second-order valence-electron chi connectivity index (χ2n) is 13.2. The van der Waals surface area contributed by atoms with Crippen molar-refractivity contribution in [3.63, 3.8) is 0 Å². The molecule has 0 spiro atoms.